The molecule has 26 heavy (non-hydrogen) atoms. The third-order valence-electron chi connectivity index (χ3n) is 4.14. The van der Waals surface area contributed by atoms with Gasteiger partial charge in [0.05, 0.1) is 18.3 Å². The van der Waals surface area contributed by atoms with Crippen LogP contribution in [0, 0.1) is 11.8 Å². The zero-order chi connectivity index (χ0) is 18.7. The Balaban J connectivity index is 2.06. The van der Waals surface area contributed by atoms with E-state index in [9.17, 15) is 4.79 Å². The fourth-order valence-corrected chi connectivity index (χ4v) is 2.96. The van der Waals surface area contributed by atoms with Crippen LogP contribution >= 0.6 is 0 Å². The van der Waals surface area contributed by atoms with Crippen LogP contribution in [0.5, 0.6) is 5.75 Å². The maximum atomic E-state index is 11.2. The predicted molar refractivity (Wildman–Crippen MR) is 105 cm³/mol. The van der Waals surface area contributed by atoms with E-state index >= 15 is 0 Å². The van der Waals surface area contributed by atoms with Gasteiger partial charge in [0.2, 0.25) is 5.91 Å². The van der Waals surface area contributed by atoms with Crippen LogP contribution in [0.4, 0.5) is 11.4 Å². The molecular formula is C21H21N3O2. The molecule has 3 N–H and O–H groups in total. The molecule has 0 fully saturated rings. The highest BCUT2D eigenvalue weighted by molar-refractivity contribution is 5.96. The fraction of sp³-hybridized carbons (Fsp3) is 0.190. The minimum atomic E-state index is -0.112. The second-order valence-corrected chi connectivity index (χ2v) is 5.90. The number of nitrogens with zero attached hydrogens (tertiary/aromatic N) is 1. The lowest BCUT2D eigenvalue weighted by atomic mass is 10.2. The van der Waals surface area contributed by atoms with Crippen molar-refractivity contribution >= 4 is 28.2 Å². The van der Waals surface area contributed by atoms with Gasteiger partial charge in [0.15, 0.2) is 0 Å². The number of amides is 1. The summed E-state index contributed by atoms with van der Waals surface area (Å²) in [4.78, 5) is 11.2. The van der Waals surface area contributed by atoms with Crippen LogP contribution in [0.15, 0.2) is 42.5 Å². The number of aromatic nitrogens is 1. The number of nitrogens with two attached hydrogens (primary N) is 1. The SMILES string of the molecule is CCn1c(C#Cc2cccc(NC(C)=O)c2)c(N)c2ccc(OC)cc21. The highest BCUT2D eigenvalue weighted by Crippen LogP contribution is 2.31. The van der Waals surface area contributed by atoms with Crippen LogP contribution in [0.1, 0.15) is 25.1 Å². The van der Waals surface area contributed by atoms with Crippen LogP contribution in [-0.4, -0.2) is 17.6 Å². The Morgan fingerprint density at radius 1 is 1.23 bits per heavy atom. The number of methoxy groups -OCH3 is 1. The van der Waals surface area contributed by atoms with Crippen LogP contribution in [0.3, 0.4) is 0 Å². The van der Waals surface area contributed by atoms with Crippen molar-refractivity contribution in [3.05, 3.63) is 53.7 Å². The summed E-state index contributed by atoms with van der Waals surface area (Å²) in [6.07, 6.45) is 0. The molecular weight excluding hydrogens is 326 g/mol. The number of aryl methyl sites for hydroxylation is 1. The summed E-state index contributed by atoms with van der Waals surface area (Å²) >= 11 is 0. The molecule has 0 unspecified atom stereocenters. The van der Waals surface area contributed by atoms with Gasteiger partial charge >= 0.3 is 0 Å². The third kappa shape index (κ3) is 3.35. The molecule has 0 spiro atoms. The number of ether oxygens (including phenoxy) is 1. The van der Waals surface area contributed by atoms with Gasteiger partial charge in [0.25, 0.3) is 0 Å². The molecule has 3 rings (SSSR count). The molecule has 0 aliphatic carbocycles. The van der Waals surface area contributed by atoms with Crippen molar-refractivity contribution in [1.82, 2.24) is 4.57 Å². The number of fused-ring (bicyclic) bond motifs is 1. The van der Waals surface area contributed by atoms with E-state index in [1.165, 1.54) is 6.92 Å². The minimum Gasteiger partial charge on any atom is -0.497 e. The van der Waals surface area contributed by atoms with Crippen LogP contribution in [-0.2, 0) is 11.3 Å². The molecule has 0 saturated heterocycles. The van der Waals surface area contributed by atoms with E-state index in [-0.39, 0.29) is 5.91 Å². The first kappa shape index (κ1) is 17.4. The van der Waals surface area contributed by atoms with Gasteiger partial charge in [-0.2, -0.15) is 0 Å². The number of carbonyl (C=O) groups excluding carboxylic acids is 1. The molecule has 0 saturated carbocycles. The van der Waals surface area contributed by atoms with Gasteiger partial charge in [-0.1, -0.05) is 12.0 Å². The Labute approximate surface area is 152 Å². The van der Waals surface area contributed by atoms with E-state index in [0.717, 1.165) is 40.1 Å². The molecule has 0 aliphatic heterocycles. The molecule has 1 aromatic heterocycles. The van der Waals surface area contributed by atoms with Crippen molar-refractivity contribution in [2.24, 2.45) is 0 Å². The Kier molecular flexibility index (Phi) is 4.85. The average Bonchev–Trinajstić information content (AvgIpc) is 2.90. The summed E-state index contributed by atoms with van der Waals surface area (Å²) in [5.74, 6) is 7.01. The smallest absolute Gasteiger partial charge is 0.221 e. The number of hydrogen-bond acceptors (Lipinski definition) is 3. The minimum absolute atomic E-state index is 0.112. The molecule has 1 heterocycles. The molecule has 1 amide bonds. The quantitative estimate of drug-likeness (QED) is 0.711. The number of hydrogen-bond donors (Lipinski definition) is 2. The Bertz CT molecular complexity index is 1040. The van der Waals surface area contributed by atoms with E-state index in [4.69, 9.17) is 10.5 Å². The largest absolute Gasteiger partial charge is 0.497 e. The molecule has 0 aliphatic rings. The van der Waals surface area contributed by atoms with Crippen molar-refractivity contribution in [3.63, 3.8) is 0 Å². The molecule has 0 atom stereocenters. The van der Waals surface area contributed by atoms with Gasteiger partial charge in [-0.3, -0.25) is 4.79 Å². The third-order valence-corrected chi connectivity index (χ3v) is 4.14. The van der Waals surface area contributed by atoms with Gasteiger partial charge in [-0.15, -0.1) is 0 Å². The molecule has 0 radical (unpaired) electrons. The van der Waals surface area contributed by atoms with Crippen molar-refractivity contribution in [2.75, 3.05) is 18.2 Å². The Morgan fingerprint density at radius 3 is 2.73 bits per heavy atom. The van der Waals surface area contributed by atoms with Gasteiger partial charge in [0.1, 0.15) is 11.4 Å². The van der Waals surface area contributed by atoms with Gasteiger partial charge < -0.3 is 20.4 Å². The van der Waals surface area contributed by atoms with E-state index in [1.54, 1.807) is 7.11 Å². The molecule has 5 heteroatoms. The summed E-state index contributed by atoms with van der Waals surface area (Å²) in [5, 5.41) is 3.72. The second kappa shape index (κ2) is 7.24. The highest BCUT2D eigenvalue weighted by Gasteiger charge is 2.13. The maximum Gasteiger partial charge on any atom is 0.221 e. The molecule has 2 aromatic carbocycles. The van der Waals surface area contributed by atoms with E-state index in [2.05, 4.69) is 28.6 Å². The first-order valence-corrected chi connectivity index (χ1v) is 8.39. The average molecular weight is 347 g/mol. The lowest BCUT2D eigenvalue weighted by molar-refractivity contribution is -0.114. The van der Waals surface area contributed by atoms with Crippen LogP contribution in [0.25, 0.3) is 10.9 Å². The van der Waals surface area contributed by atoms with Crippen molar-refractivity contribution < 1.29 is 9.53 Å². The van der Waals surface area contributed by atoms with Gasteiger partial charge in [-0.05, 0) is 43.2 Å². The lowest BCUT2D eigenvalue weighted by Crippen LogP contribution is -2.05. The first-order chi connectivity index (χ1) is 12.5. The maximum absolute atomic E-state index is 11.2. The summed E-state index contributed by atoms with van der Waals surface area (Å²) < 4.78 is 7.40. The summed E-state index contributed by atoms with van der Waals surface area (Å²) in [6, 6.07) is 13.3. The molecule has 0 bridgehead atoms. The number of carbonyl (C=O) groups is 1. The standard InChI is InChI=1S/C21H21N3O2/c1-4-24-19(21(22)18-10-9-17(26-3)13-20(18)24)11-8-15-6-5-7-16(12-15)23-14(2)25/h5-7,9-10,12-13H,4,22H2,1-3H3,(H,23,25). The zero-order valence-corrected chi connectivity index (χ0v) is 15.1. The molecule has 5 nitrogen and oxygen atoms in total. The second-order valence-electron chi connectivity index (χ2n) is 5.90. The van der Waals surface area contributed by atoms with Crippen molar-refractivity contribution in [2.45, 2.75) is 20.4 Å². The number of rotatable bonds is 3. The summed E-state index contributed by atoms with van der Waals surface area (Å²) in [6.45, 7) is 4.28. The van der Waals surface area contributed by atoms with Crippen LogP contribution in [0.2, 0.25) is 0 Å². The first-order valence-electron chi connectivity index (χ1n) is 8.39. The molecule has 132 valence electrons. The number of nitrogen functional groups attached to an aromatic ring is 1. The number of benzene rings is 2. The van der Waals surface area contributed by atoms with Gasteiger partial charge in [-0.25, -0.2) is 0 Å². The normalized spacial score (nSPS) is 10.3. The van der Waals surface area contributed by atoms with Crippen molar-refractivity contribution in [3.8, 4) is 17.6 Å². The fourth-order valence-electron chi connectivity index (χ4n) is 2.96. The number of nitrogens with one attached hydrogen (secondary N) is 1. The monoisotopic (exact) mass is 347 g/mol. The summed E-state index contributed by atoms with van der Waals surface area (Å²) in [5.41, 5.74) is 10.3. The van der Waals surface area contributed by atoms with E-state index in [0.29, 0.717) is 5.69 Å². The topological polar surface area (TPSA) is 69.3 Å². The van der Waals surface area contributed by atoms with Crippen LogP contribution < -0.4 is 15.8 Å². The number of anilines is 2. The van der Waals surface area contributed by atoms with E-state index < -0.39 is 0 Å². The predicted octanol–water partition coefficient (Wildman–Crippen LogP) is 3.61. The molecule has 3 aromatic rings. The van der Waals surface area contributed by atoms with Crippen molar-refractivity contribution in [1.29, 1.82) is 0 Å². The summed E-state index contributed by atoms with van der Waals surface area (Å²) in [7, 11) is 1.65. The van der Waals surface area contributed by atoms with Gasteiger partial charge in [0, 0.05) is 36.2 Å². The highest BCUT2D eigenvalue weighted by atomic mass is 16.5. The lowest BCUT2D eigenvalue weighted by Gasteiger charge is -2.04. The van der Waals surface area contributed by atoms with E-state index in [1.807, 2.05) is 42.5 Å². The zero-order valence-electron chi connectivity index (χ0n) is 15.1. The Hall–Kier alpha value is -3.39. The Morgan fingerprint density at radius 2 is 2.04 bits per heavy atom.